The molecule has 1 nitrogen and oxygen atoms in total. The van der Waals surface area contributed by atoms with Crippen molar-refractivity contribution in [3.05, 3.63) is 26.3 Å². The van der Waals surface area contributed by atoms with Crippen molar-refractivity contribution in [1.82, 2.24) is 0 Å². The molecule has 3 heteroatoms. The van der Waals surface area contributed by atoms with E-state index in [4.69, 9.17) is 16.3 Å². The monoisotopic (exact) mass is 294 g/mol. The summed E-state index contributed by atoms with van der Waals surface area (Å²) in [6.45, 7) is 2.06. The van der Waals surface area contributed by atoms with Crippen molar-refractivity contribution in [2.75, 3.05) is 0 Å². The summed E-state index contributed by atoms with van der Waals surface area (Å²) in [6, 6.07) is 3.92. The zero-order valence-corrected chi connectivity index (χ0v) is 9.52. The van der Waals surface area contributed by atoms with Crippen molar-refractivity contribution in [2.24, 2.45) is 0 Å². The molecule has 0 saturated heterocycles. The Hall–Kier alpha value is 0.0400. The third kappa shape index (κ3) is 1.31. The first-order valence-electron chi connectivity index (χ1n) is 3.82. The predicted octanol–water partition coefficient (Wildman–Crippen LogP) is 3.27. The first kappa shape index (κ1) is 8.63. The van der Waals surface area contributed by atoms with Crippen LogP contribution in [0.5, 0.6) is 5.75 Å². The molecule has 0 fully saturated rings. The average Bonchev–Trinajstić information content (AvgIpc) is 2.41. The Labute approximate surface area is 90.2 Å². The Kier molecular flexibility index (Phi) is 2.21. The molecule has 0 aromatic heterocycles. The van der Waals surface area contributed by atoms with Gasteiger partial charge in [-0.25, -0.2) is 0 Å². The molecule has 12 heavy (non-hydrogen) atoms. The van der Waals surface area contributed by atoms with Gasteiger partial charge < -0.3 is 4.74 Å². The molecule has 1 aliphatic heterocycles. The summed E-state index contributed by atoms with van der Waals surface area (Å²) in [7, 11) is 0. The summed E-state index contributed by atoms with van der Waals surface area (Å²) in [5, 5.41) is 0.731. The van der Waals surface area contributed by atoms with Crippen LogP contribution in [0.15, 0.2) is 12.1 Å². The van der Waals surface area contributed by atoms with Gasteiger partial charge in [-0.1, -0.05) is 11.6 Å². The summed E-state index contributed by atoms with van der Waals surface area (Å²) in [5.41, 5.74) is 1.26. The molecule has 1 aromatic rings. The lowest BCUT2D eigenvalue weighted by Crippen LogP contribution is -2.05. The number of halogens is 2. The second kappa shape index (κ2) is 3.07. The number of rotatable bonds is 0. The molecule has 0 radical (unpaired) electrons. The Morgan fingerprint density at radius 1 is 1.58 bits per heavy atom. The molecule has 0 saturated carbocycles. The zero-order chi connectivity index (χ0) is 8.72. The van der Waals surface area contributed by atoms with E-state index in [2.05, 4.69) is 29.5 Å². The highest BCUT2D eigenvalue weighted by Crippen LogP contribution is 2.38. The first-order chi connectivity index (χ1) is 5.68. The van der Waals surface area contributed by atoms with Crippen molar-refractivity contribution in [3.63, 3.8) is 0 Å². The van der Waals surface area contributed by atoms with Crippen LogP contribution in [0.2, 0.25) is 5.02 Å². The third-order valence-electron chi connectivity index (χ3n) is 1.97. The first-order valence-corrected chi connectivity index (χ1v) is 5.27. The summed E-state index contributed by atoms with van der Waals surface area (Å²) < 4.78 is 6.83. The summed E-state index contributed by atoms with van der Waals surface area (Å²) in [4.78, 5) is 0. The topological polar surface area (TPSA) is 9.23 Å². The maximum absolute atomic E-state index is 5.98. The van der Waals surface area contributed by atoms with E-state index in [1.807, 2.05) is 12.1 Å². The van der Waals surface area contributed by atoms with E-state index in [0.717, 1.165) is 17.2 Å². The van der Waals surface area contributed by atoms with Crippen LogP contribution in [-0.4, -0.2) is 6.10 Å². The summed E-state index contributed by atoms with van der Waals surface area (Å²) >= 11 is 8.29. The van der Waals surface area contributed by atoms with Crippen molar-refractivity contribution < 1.29 is 4.74 Å². The van der Waals surface area contributed by atoms with Crippen LogP contribution < -0.4 is 4.74 Å². The third-order valence-corrected chi connectivity index (χ3v) is 3.27. The Bertz CT molecular complexity index is 294. The van der Waals surface area contributed by atoms with Crippen molar-refractivity contribution in [2.45, 2.75) is 19.4 Å². The molecule has 0 bridgehead atoms. The minimum atomic E-state index is 0.272. The van der Waals surface area contributed by atoms with Gasteiger partial charge in [-0.2, -0.15) is 0 Å². The molecule has 1 atom stereocenters. The molecule has 64 valence electrons. The molecule has 0 amide bonds. The van der Waals surface area contributed by atoms with E-state index in [0.29, 0.717) is 0 Å². The molecule has 0 spiro atoms. The van der Waals surface area contributed by atoms with Crippen LogP contribution in [0.4, 0.5) is 0 Å². The number of benzene rings is 1. The second-order valence-electron chi connectivity index (χ2n) is 2.97. The molecule has 0 N–H and O–H groups in total. The van der Waals surface area contributed by atoms with Gasteiger partial charge in [0, 0.05) is 15.6 Å². The molecule has 1 aromatic carbocycles. The van der Waals surface area contributed by atoms with Crippen LogP contribution in [0.25, 0.3) is 0 Å². The molecule has 1 heterocycles. The van der Waals surface area contributed by atoms with Gasteiger partial charge in [-0.15, -0.1) is 0 Å². The normalized spacial score (nSPS) is 20.4. The Morgan fingerprint density at radius 2 is 2.33 bits per heavy atom. The van der Waals surface area contributed by atoms with Crippen LogP contribution in [0.1, 0.15) is 12.5 Å². The lowest BCUT2D eigenvalue weighted by Gasteiger charge is -2.04. The van der Waals surface area contributed by atoms with E-state index in [-0.39, 0.29) is 6.10 Å². The van der Waals surface area contributed by atoms with E-state index in [1.54, 1.807) is 0 Å². The van der Waals surface area contributed by atoms with Crippen LogP contribution in [-0.2, 0) is 6.42 Å². The lowest BCUT2D eigenvalue weighted by atomic mass is 10.1. The summed E-state index contributed by atoms with van der Waals surface area (Å²) in [5.74, 6) is 0.885. The van der Waals surface area contributed by atoms with E-state index in [9.17, 15) is 0 Å². The van der Waals surface area contributed by atoms with Crippen LogP contribution in [0, 0.1) is 3.57 Å². The van der Waals surface area contributed by atoms with Gasteiger partial charge in [0.05, 0.1) is 5.02 Å². The van der Waals surface area contributed by atoms with Crippen molar-refractivity contribution in [1.29, 1.82) is 0 Å². The smallest absolute Gasteiger partial charge is 0.142 e. The molecular formula is C9H8ClIO. The van der Waals surface area contributed by atoms with Gasteiger partial charge in [0.15, 0.2) is 0 Å². The minimum Gasteiger partial charge on any atom is -0.488 e. The fourth-order valence-electron chi connectivity index (χ4n) is 1.42. The van der Waals surface area contributed by atoms with Gasteiger partial charge >= 0.3 is 0 Å². The minimum absolute atomic E-state index is 0.272. The predicted molar refractivity (Wildman–Crippen MR) is 58.0 cm³/mol. The highest BCUT2D eigenvalue weighted by atomic mass is 127. The van der Waals surface area contributed by atoms with E-state index < -0.39 is 0 Å². The largest absolute Gasteiger partial charge is 0.488 e. The molecule has 1 unspecified atom stereocenters. The van der Waals surface area contributed by atoms with Gasteiger partial charge in [-0.05, 0) is 41.6 Å². The number of hydrogen-bond acceptors (Lipinski definition) is 1. The molecular weight excluding hydrogens is 286 g/mol. The van der Waals surface area contributed by atoms with Gasteiger partial charge in [0.2, 0.25) is 0 Å². The van der Waals surface area contributed by atoms with Crippen LogP contribution in [0.3, 0.4) is 0 Å². The Morgan fingerprint density at radius 3 is 3.00 bits per heavy atom. The van der Waals surface area contributed by atoms with Crippen molar-refractivity contribution in [3.8, 4) is 5.75 Å². The fourth-order valence-corrected chi connectivity index (χ4v) is 2.29. The zero-order valence-electron chi connectivity index (χ0n) is 6.60. The second-order valence-corrected chi connectivity index (χ2v) is 4.54. The number of ether oxygens (including phenoxy) is 1. The van der Waals surface area contributed by atoms with Crippen molar-refractivity contribution >= 4 is 34.2 Å². The standard InChI is InChI=1S/C9H8ClIO/c1-5-4-6-8(11)3-2-7(10)9(6)12-5/h2-3,5H,4H2,1H3. The highest BCUT2D eigenvalue weighted by Gasteiger charge is 2.23. The number of hydrogen-bond donors (Lipinski definition) is 0. The lowest BCUT2D eigenvalue weighted by molar-refractivity contribution is 0.255. The fraction of sp³-hybridized carbons (Fsp3) is 0.333. The van der Waals surface area contributed by atoms with Gasteiger partial charge in [0.1, 0.15) is 11.9 Å². The average molecular weight is 295 g/mol. The SMILES string of the molecule is CC1Cc2c(I)ccc(Cl)c2O1. The van der Waals surface area contributed by atoms with Crippen LogP contribution >= 0.6 is 34.2 Å². The molecule has 2 rings (SSSR count). The molecule has 1 aliphatic rings. The quantitative estimate of drug-likeness (QED) is 0.667. The van der Waals surface area contributed by atoms with E-state index >= 15 is 0 Å². The van der Waals surface area contributed by atoms with Gasteiger partial charge in [-0.3, -0.25) is 0 Å². The maximum atomic E-state index is 5.98. The van der Waals surface area contributed by atoms with Gasteiger partial charge in [0.25, 0.3) is 0 Å². The number of fused-ring (bicyclic) bond motifs is 1. The maximum Gasteiger partial charge on any atom is 0.142 e. The summed E-state index contributed by atoms with van der Waals surface area (Å²) in [6.07, 6.45) is 1.25. The molecule has 0 aliphatic carbocycles. The highest BCUT2D eigenvalue weighted by molar-refractivity contribution is 14.1. The Balaban J connectivity index is 2.56. The van der Waals surface area contributed by atoms with E-state index in [1.165, 1.54) is 9.13 Å².